The minimum atomic E-state index is -0.938. The topological polar surface area (TPSA) is 40.5 Å². The number of halogens is 1. The summed E-state index contributed by atoms with van der Waals surface area (Å²) in [7, 11) is 0. The Bertz CT molecular complexity index is 316. The maximum absolute atomic E-state index is 11.0. The van der Waals surface area contributed by atoms with E-state index in [2.05, 4.69) is 0 Å². The second-order valence-electron chi connectivity index (χ2n) is 3.40. The van der Waals surface area contributed by atoms with E-state index in [-0.39, 0.29) is 6.04 Å². The number of alkyl halides is 1. The van der Waals surface area contributed by atoms with Crippen molar-refractivity contribution in [3.05, 3.63) is 35.9 Å². The van der Waals surface area contributed by atoms with Gasteiger partial charge < -0.3 is 10.0 Å². The van der Waals surface area contributed by atoms with Gasteiger partial charge in [-0.3, -0.25) is 0 Å². The van der Waals surface area contributed by atoms with Gasteiger partial charge in [-0.15, -0.1) is 11.6 Å². The van der Waals surface area contributed by atoms with Crippen LogP contribution in [-0.2, 0) is 6.54 Å². The Morgan fingerprint density at radius 3 is 2.53 bits per heavy atom. The monoisotopic (exact) mass is 227 g/mol. The SMILES string of the molecule is C[C@@H](CCl)N(Cc1ccccc1)C(=O)O. The van der Waals surface area contributed by atoms with Gasteiger partial charge in [0.25, 0.3) is 0 Å². The van der Waals surface area contributed by atoms with Gasteiger partial charge in [-0.1, -0.05) is 30.3 Å². The predicted octanol–water partition coefficient (Wildman–Crippen LogP) is 2.79. The lowest BCUT2D eigenvalue weighted by Crippen LogP contribution is -2.38. The molecule has 0 bridgehead atoms. The molecule has 0 aromatic heterocycles. The molecule has 1 aromatic carbocycles. The summed E-state index contributed by atoms with van der Waals surface area (Å²) in [6, 6.07) is 9.30. The van der Waals surface area contributed by atoms with Crippen LogP contribution in [0.3, 0.4) is 0 Å². The standard InChI is InChI=1S/C11H14ClNO2/c1-9(7-12)13(11(14)15)8-10-5-3-2-4-6-10/h2-6,9H,7-8H2,1H3,(H,14,15)/t9-/m0/s1. The molecule has 0 saturated heterocycles. The summed E-state index contributed by atoms with van der Waals surface area (Å²) < 4.78 is 0. The lowest BCUT2D eigenvalue weighted by Gasteiger charge is -2.24. The Hall–Kier alpha value is -1.22. The van der Waals surface area contributed by atoms with E-state index in [0.29, 0.717) is 12.4 Å². The molecule has 82 valence electrons. The van der Waals surface area contributed by atoms with Crippen LogP contribution in [0.5, 0.6) is 0 Å². The van der Waals surface area contributed by atoms with Crippen LogP contribution in [0.15, 0.2) is 30.3 Å². The van der Waals surface area contributed by atoms with Crippen LogP contribution in [0.1, 0.15) is 12.5 Å². The van der Waals surface area contributed by atoms with Crippen molar-refractivity contribution in [2.24, 2.45) is 0 Å². The van der Waals surface area contributed by atoms with E-state index < -0.39 is 6.09 Å². The fraction of sp³-hybridized carbons (Fsp3) is 0.364. The number of hydrogen-bond acceptors (Lipinski definition) is 1. The smallest absolute Gasteiger partial charge is 0.407 e. The Balaban J connectivity index is 2.71. The van der Waals surface area contributed by atoms with E-state index >= 15 is 0 Å². The van der Waals surface area contributed by atoms with Gasteiger partial charge in [-0.05, 0) is 12.5 Å². The Labute approximate surface area is 94.3 Å². The summed E-state index contributed by atoms with van der Waals surface area (Å²) in [6.07, 6.45) is -0.938. The normalized spacial score (nSPS) is 12.1. The van der Waals surface area contributed by atoms with E-state index in [0.717, 1.165) is 5.56 Å². The van der Waals surface area contributed by atoms with E-state index in [1.54, 1.807) is 6.92 Å². The highest BCUT2D eigenvalue weighted by Gasteiger charge is 2.18. The molecule has 0 fully saturated rings. The van der Waals surface area contributed by atoms with Gasteiger partial charge in [0.05, 0.1) is 0 Å². The highest BCUT2D eigenvalue weighted by atomic mass is 35.5. The summed E-state index contributed by atoms with van der Waals surface area (Å²) in [4.78, 5) is 12.3. The van der Waals surface area contributed by atoms with Crippen molar-refractivity contribution in [1.82, 2.24) is 4.90 Å². The van der Waals surface area contributed by atoms with Crippen molar-refractivity contribution in [2.45, 2.75) is 19.5 Å². The lowest BCUT2D eigenvalue weighted by molar-refractivity contribution is 0.129. The molecular formula is C11H14ClNO2. The van der Waals surface area contributed by atoms with Crippen LogP contribution in [0.4, 0.5) is 4.79 Å². The molecule has 0 unspecified atom stereocenters. The zero-order valence-electron chi connectivity index (χ0n) is 8.56. The third-order valence-corrected chi connectivity index (χ3v) is 2.64. The van der Waals surface area contributed by atoms with E-state index in [9.17, 15) is 4.79 Å². The van der Waals surface area contributed by atoms with Crippen LogP contribution >= 0.6 is 11.6 Å². The minimum absolute atomic E-state index is 0.177. The molecule has 0 aliphatic carbocycles. The lowest BCUT2D eigenvalue weighted by atomic mass is 10.2. The summed E-state index contributed by atoms with van der Waals surface area (Å²) in [5, 5.41) is 9.00. The van der Waals surface area contributed by atoms with Gasteiger partial charge in [0.1, 0.15) is 0 Å². The fourth-order valence-corrected chi connectivity index (χ4v) is 1.44. The summed E-state index contributed by atoms with van der Waals surface area (Å²) in [6.45, 7) is 2.17. The molecule has 1 aromatic rings. The molecule has 1 rings (SSSR count). The zero-order valence-corrected chi connectivity index (χ0v) is 9.31. The molecule has 0 aliphatic rings. The van der Waals surface area contributed by atoms with Gasteiger partial charge in [0.15, 0.2) is 0 Å². The Kier molecular flexibility index (Phi) is 4.43. The first kappa shape index (κ1) is 11.9. The van der Waals surface area contributed by atoms with Gasteiger partial charge in [0, 0.05) is 18.5 Å². The van der Waals surface area contributed by atoms with Gasteiger partial charge >= 0.3 is 6.09 Å². The fourth-order valence-electron chi connectivity index (χ4n) is 1.28. The summed E-state index contributed by atoms with van der Waals surface area (Å²) in [5.41, 5.74) is 0.969. The van der Waals surface area contributed by atoms with E-state index in [1.807, 2.05) is 30.3 Å². The molecule has 0 spiro atoms. The van der Waals surface area contributed by atoms with Crippen molar-refractivity contribution in [1.29, 1.82) is 0 Å². The van der Waals surface area contributed by atoms with Crippen molar-refractivity contribution in [3.8, 4) is 0 Å². The third kappa shape index (κ3) is 3.44. The van der Waals surface area contributed by atoms with Crippen LogP contribution in [0, 0.1) is 0 Å². The first-order chi connectivity index (χ1) is 7.15. The van der Waals surface area contributed by atoms with Crippen LogP contribution < -0.4 is 0 Å². The van der Waals surface area contributed by atoms with Crippen LogP contribution in [0.2, 0.25) is 0 Å². The molecule has 3 nitrogen and oxygen atoms in total. The van der Waals surface area contributed by atoms with Crippen molar-refractivity contribution in [2.75, 3.05) is 5.88 Å². The van der Waals surface area contributed by atoms with Crippen LogP contribution in [-0.4, -0.2) is 28.0 Å². The molecule has 1 atom stereocenters. The number of benzene rings is 1. The number of nitrogens with zero attached hydrogens (tertiary/aromatic N) is 1. The second kappa shape index (κ2) is 5.61. The number of hydrogen-bond donors (Lipinski definition) is 1. The average Bonchev–Trinajstić information content (AvgIpc) is 2.26. The number of rotatable bonds is 4. The second-order valence-corrected chi connectivity index (χ2v) is 3.71. The van der Waals surface area contributed by atoms with E-state index in [4.69, 9.17) is 16.7 Å². The summed E-state index contributed by atoms with van der Waals surface area (Å²) >= 11 is 5.65. The van der Waals surface area contributed by atoms with E-state index in [1.165, 1.54) is 4.90 Å². The predicted molar refractivity (Wildman–Crippen MR) is 60.2 cm³/mol. The highest BCUT2D eigenvalue weighted by molar-refractivity contribution is 6.18. The Morgan fingerprint density at radius 2 is 2.07 bits per heavy atom. The van der Waals surface area contributed by atoms with Crippen molar-refractivity contribution >= 4 is 17.7 Å². The van der Waals surface area contributed by atoms with Crippen LogP contribution in [0.25, 0.3) is 0 Å². The molecule has 0 radical (unpaired) electrons. The molecule has 4 heteroatoms. The summed E-state index contributed by atoms with van der Waals surface area (Å²) in [5.74, 6) is 0.305. The maximum atomic E-state index is 11.0. The maximum Gasteiger partial charge on any atom is 0.407 e. The molecule has 0 heterocycles. The molecular weight excluding hydrogens is 214 g/mol. The van der Waals surface area contributed by atoms with Crippen molar-refractivity contribution < 1.29 is 9.90 Å². The molecule has 0 aliphatic heterocycles. The number of carbonyl (C=O) groups is 1. The highest BCUT2D eigenvalue weighted by Crippen LogP contribution is 2.09. The van der Waals surface area contributed by atoms with Gasteiger partial charge in [-0.2, -0.15) is 0 Å². The number of amides is 1. The van der Waals surface area contributed by atoms with Gasteiger partial charge in [-0.25, -0.2) is 4.79 Å². The van der Waals surface area contributed by atoms with Gasteiger partial charge in [0.2, 0.25) is 0 Å². The number of carboxylic acid groups (broad SMARTS) is 1. The molecule has 0 saturated carbocycles. The molecule has 1 amide bonds. The third-order valence-electron chi connectivity index (χ3n) is 2.20. The largest absolute Gasteiger partial charge is 0.465 e. The molecule has 15 heavy (non-hydrogen) atoms. The zero-order chi connectivity index (χ0) is 11.3. The molecule has 1 N–H and O–H groups in total. The first-order valence-corrected chi connectivity index (χ1v) is 5.28. The first-order valence-electron chi connectivity index (χ1n) is 4.74. The Morgan fingerprint density at radius 1 is 1.47 bits per heavy atom. The minimum Gasteiger partial charge on any atom is -0.465 e. The quantitative estimate of drug-likeness (QED) is 0.804. The van der Waals surface area contributed by atoms with Crippen molar-refractivity contribution in [3.63, 3.8) is 0 Å². The average molecular weight is 228 g/mol.